The minimum atomic E-state index is 0.199. The Bertz CT molecular complexity index is 901. The Labute approximate surface area is 170 Å². The van der Waals surface area contributed by atoms with E-state index in [9.17, 15) is 5.26 Å². The lowest BCUT2D eigenvalue weighted by atomic mass is 10.0. The monoisotopic (exact) mass is 395 g/mol. The highest BCUT2D eigenvalue weighted by Gasteiger charge is 2.15. The van der Waals surface area contributed by atoms with Crippen molar-refractivity contribution >= 4 is 11.6 Å². The number of methoxy groups -OCH3 is 1. The second-order valence-electron chi connectivity index (χ2n) is 6.63. The molecule has 0 bridgehead atoms. The number of aliphatic hydroxyl groups excluding tert-OH is 1. The molecule has 1 aliphatic heterocycles. The molecular formula is C23H25NO5. The number of benzene rings is 2. The van der Waals surface area contributed by atoms with Crippen LogP contribution in [0.25, 0.3) is 11.6 Å². The van der Waals surface area contributed by atoms with Crippen molar-refractivity contribution in [2.45, 2.75) is 25.7 Å². The molecule has 0 unspecified atom stereocenters. The molecule has 1 aliphatic rings. The number of rotatable bonds is 10. The first-order chi connectivity index (χ1) is 14.2. The van der Waals surface area contributed by atoms with Crippen LogP contribution in [0.2, 0.25) is 0 Å². The van der Waals surface area contributed by atoms with Gasteiger partial charge in [-0.05, 0) is 66.8 Å². The smallest absolute Gasteiger partial charge is 0.231 e. The molecule has 0 fully saturated rings. The normalized spacial score (nSPS) is 12.5. The van der Waals surface area contributed by atoms with Crippen LogP contribution >= 0.6 is 0 Å². The lowest BCUT2D eigenvalue weighted by Crippen LogP contribution is -2.00. The van der Waals surface area contributed by atoms with Crippen LogP contribution in [0.15, 0.2) is 36.4 Å². The van der Waals surface area contributed by atoms with E-state index in [0.29, 0.717) is 35.2 Å². The van der Waals surface area contributed by atoms with E-state index in [1.54, 1.807) is 19.3 Å². The summed E-state index contributed by atoms with van der Waals surface area (Å²) < 4.78 is 22.0. The first-order valence-electron chi connectivity index (χ1n) is 9.68. The predicted molar refractivity (Wildman–Crippen MR) is 110 cm³/mol. The van der Waals surface area contributed by atoms with Crippen LogP contribution in [-0.4, -0.2) is 32.2 Å². The summed E-state index contributed by atoms with van der Waals surface area (Å²) in [6.07, 6.45) is 5.57. The molecule has 0 aromatic heterocycles. The zero-order chi connectivity index (χ0) is 20.5. The number of hydrogen-bond donors (Lipinski definition) is 1. The molecule has 2 aromatic rings. The van der Waals surface area contributed by atoms with Gasteiger partial charge in [-0.3, -0.25) is 0 Å². The molecule has 0 aliphatic carbocycles. The Morgan fingerprint density at radius 3 is 2.69 bits per heavy atom. The highest BCUT2D eigenvalue weighted by molar-refractivity contribution is 5.90. The second-order valence-corrected chi connectivity index (χ2v) is 6.63. The highest BCUT2D eigenvalue weighted by atomic mass is 16.7. The first kappa shape index (κ1) is 20.6. The van der Waals surface area contributed by atoms with E-state index in [2.05, 4.69) is 6.07 Å². The summed E-state index contributed by atoms with van der Waals surface area (Å²) in [5.41, 5.74) is 2.12. The SMILES string of the molecule is COc1cc(/C=C(\C#N)c2ccc3c(c2)OCO3)ccc1OCCCCCCO. The fourth-order valence-electron chi connectivity index (χ4n) is 3.05. The van der Waals surface area contributed by atoms with Gasteiger partial charge in [-0.15, -0.1) is 0 Å². The molecule has 0 radical (unpaired) electrons. The molecule has 0 spiro atoms. The van der Waals surface area contributed by atoms with E-state index in [-0.39, 0.29) is 13.4 Å². The maximum absolute atomic E-state index is 9.61. The molecule has 6 nitrogen and oxygen atoms in total. The number of allylic oxidation sites excluding steroid dienone is 1. The van der Waals surface area contributed by atoms with Crippen LogP contribution in [0.4, 0.5) is 0 Å². The molecule has 0 atom stereocenters. The van der Waals surface area contributed by atoms with Gasteiger partial charge in [0.1, 0.15) is 0 Å². The van der Waals surface area contributed by atoms with Crippen molar-refractivity contribution < 1.29 is 24.1 Å². The van der Waals surface area contributed by atoms with Crippen molar-refractivity contribution in [3.8, 4) is 29.1 Å². The topological polar surface area (TPSA) is 80.9 Å². The zero-order valence-electron chi connectivity index (χ0n) is 16.5. The fraction of sp³-hybridized carbons (Fsp3) is 0.348. The van der Waals surface area contributed by atoms with Gasteiger partial charge >= 0.3 is 0 Å². The van der Waals surface area contributed by atoms with Crippen LogP contribution in [0, 0.1) is 11.3 Å². The standard InChI is InChI=1S/C23H25NO5/c1-26-22-13-17(6-8-20(22)27-11-5-3-2-4-10-25)12-19(15-24)18-7-9-21-23(14-18)29-16-28-21/h6-9,12-14,25H,2-5,10-11,16H2,1H3/b19-12+. The molecule has 6 heteroatoms. The third-order valence-electron chi connectivity index (χ3n) is 4.61. The quantitative estimate of drug-likeness (QED) is 0.364. The summed E-state index contributed by atoms with van der Waals surface area (Å²) in [5, 5.41) is 18.4. The number of unbranched alkanes of at least 4 members (excludes halogenated alkanes) is 3. The van der Waals surface area contributed by atoms with Crippen molar-refractivity contribution in [2.24, 2.45) is 0 Å². The number of hydrogen-bond acceptors (Lipinski definition) is 6. The number of ether oxygens (including phenoxy) is 4. The largest absolute Gasteiger partial charge is 0.493 e. The minimum absolute atomic E-state index is 0.199. The number of nitriles is 1. The van der Waals surface area contributed by atoms with Crippen LogP contribution in [-0.2, 0) is 0 Å². The summed E-state index contributed by atoms with van der Waals surface area (Å²) in [5.74, 6) is 2.63. The molecule has 2 aromatic carbocycles. The van der Waals surface area contributed by atoms with Gasteiger partial charge < -0.3 is 24.1 Å². The summed E-state index contributed by atoms with van der Waals surface area (Å²) >= 11 is 0. The Kier molecular flexibility index (Phi) is 7.37. The molecule has 0 saturated heterocycles. The van der Waals surface area contributed by atoms with E-state index in [0.717, 1.165) is 36.8 Å². The molecule has 3 rings (SSSR count). The van der Waals surface area contributed by atoms with E-state index < -0.39 is 0 Å². The van der Waals surface area contributed by atoms with Gasteiger partial charge in [-0.25, -0.2) is 0 Å². The Balaban J connectivity index is 1.70. The second kappa shape index (κ2) is 10.4. The average Bonchev–Trinajstić information content (AvgIpc) is 3.22. The maximum Gasteiger partial charge on any atom is 0.231 e. The molecular weight excluding hydrogens is 370 g/mol. The molecule has 0 saturated carbocycles. The highest BCUT2D eigenvalue weighted by Crippen LogP contribution is 2.35. The van der Waals surface area contributed by atoms with E-state index in [1.807, 2.05) is 30.3 Å². The third-order valence-corrected chi connectivity index (χ3v) is 4.61. The summed E-state index contributed by atoms with van der Waals surface area (Å²) in [6, 6.07) is 13.3. The summed E-state index contributed by atoms with van der Waals surface area (Å²) in [4.78, 5) is 0. The van der Waals surface area contributed by atoms with Gasteiger partial charge in [0.15, 0.2) is 23.0 Å². The number of aliphatic hydroxyl groups is 1. The van der Waals surface area contributed by atoms with Gasteiger partial charge in [0.25, 0.3) is 0 Å². The summed E-state index contributed by atoms with van der Waals surface area (Å²) in [6.45, 7) is 1.03. The van der Waals surface area contributed by atoms with Crippen LogP contribution in [0.3, 0.4) is 0 Å². The van der Waals surface area contributed by atoms with E-state index in [1.165, 1.54) is 0 Å². The van der Waals surface area contributed by atoms with Gasteiger partial charge in [-0.1, -0.05) is 12.5 Å². The van der Waals surface area contributed by atoms with Crippen LogP contribution < -0.4 is 18.9 Å². The van der Waals surface area contributed by atoms with Crippen molar-refractivity contribution in [1.82, 2.24) is 0 Å². The first-order valence-corrected chi connectivity index (χ1v) is 9.68. The summed E-state index contributed by atoms with van der Waals surface area (Å²) in [7, 11) is 1.60. The number of fused-ring (bicyclic) bond motifs is 1. The molecule has 1 heterocycles. The zero-order valence-corrected chi connectivity index (χ0v) is 16.5. The van der Waals surface area contributed by atoms with Gasteiger partial charge in [0, 0.05) is 6.61 Å². The molecule has 152 valence electrons. The van der Waals surface area contributed by atoms with E-state index in [4.69, 9.17) is 24.1 Å². The van der Waals surface area contributed by atoms with Gasteiger partial charge in [-0.2, -0.15) is 5.26 Å². The molecule has 29 heavy (non-hydrogen) atoms. The molecule has 1 N–H and O–H groups in total. The van der Waals surface area contributed by atoms with Crippen molar-refractivity contribution in [2.75, 3.05) is 27.1 Å². The predicted octanol–water partition coefficient (Wildman–Crippen LogP) is 4.42. The Morgan fingerprint density at radius 2 is 1.90 bits per heavy atom. The van der Waals surface area contributed by atoms with E-state index >= 15 is 0 Å². The van der Waals surface area contributed by atoms with Gasteiger partial charge in [0.2, 0.25) is 6.79 Å². The third kappa shape index (κ3) is 5.43. The molecule has 0 amide bonds. The van der Waals surface area contributed by atoms with Crippen molar-refractivity contribution in [3.63, 3.8) is 0 Å². The lowest BCUT2D eigenvalue weighted by molar-refractivity contribution is 0.174. The lowest BCUT2D eigenvalue weighted by Gasteiger charge is -2.11. The van der Waals surface area contributed by atoms with Gasteiger partial charge in [0.05, 0.1) is 25.4 Å². The fourth-order valence-corrected chi connectivity index (χ4v) is 3.05. The minimum Gasteiger partial charge on any atom is -0.493 e. The Morgan fingerprint density at radius 1 is 1.07 bits per heavy atom. The van der Waals surface area contributed by atoms with Crippen molar-refractivity contribution in [1.29, 1.82) is 5.26 Å². The van der Waals surface area contributed by atoms with Crippen LogP contribution in [0.1, 0.15) is 36.8 Å². The number of nitrogens with zero attached hydrogens (tertiary/aromatic N) is 1. The maximum atomic E-state index is 9.61. The van der Waals surface area contributed by atoms with Crippen molar-refractivity contribution in [3.05, 3.63) is 47.5 Å². The van der Waals surface area contributed by atoms with Crippen LogP contribution in [0.5, 0.6) is 23.0 Å². The Hall–Kier alpha value is -3.17. The average molecular weight is 395 g/mol.